The zero-order chi connectivity index (χ0) is 28.7. The lowest BCUT2D eigenvalue weighted by Gasteiger charge is -2.11. The molecule has 2 aromatic carbocycles. The molecule has 39 heavy (non-hydrogen) atoms. The molecular weight excluding hydrogens is 492 g/mol. The van der Waals surface area contributed by atoms with Gasteiger partial charge in [0, 0.05) is 17.7 Å². The van der Waals surface area contributed by atoms with Crippen molar-refractivity contribution in [3.63, 3.8) is 0 Å². The van der Waals surface area contributed by atoms with Crippen LogP contribution in [0.25, 0.3) is 21.9 Å². The van der Waals surface area contributed by atoms with Crippen molar-refractivity contribution in [2.24, 2.45) is 0 Å². The molecule has 0 aliphatic carbocycles. The molecule has 1 aromatic heterocycles. The quantitative estimate of drug-likeness (QED) is 0.169. The van der Waals surface area contributed by atoms with Crippen molar-refractivity contribution in [3.8, 4) is 23.0 Å². The summed E-state index contributed by atoms with van der Waals surface area (Å²) in [6, 6.07) is 4.10. The standard InChI is InChI=1S/C33H40O6/c1-20(2)9-7-11-22(5)13-14-24-26(34)18-30-31(32(24)36)33(37)25-17-27(35)29(19-28(25)39-30)38-16-15-23(6)12-8-10-21(3)4/h9-10,13,15,17-19,34-36H,7-8,11-12,14,16H2,1-6H3/b22-13+,23-15+. The van der Waals surface area contributed by atoms with E-state index in [4.69, 9.17) is 9.15 Å². The summed E-state index contributed by atoms with van der Waals surface area (Å²) in [5.74, 6) is -0.488. The maximum atomic E-state index is 13.3. The molecule has 3 rings (SSSR count). The topological polar surface area (TPSA) is 100 Å². The minimum Gasteiger partial charge on any atom is -0.507 e. The van der Waals surface area contributed by atoms with Crippen LogP contribution in [-0.2, 0) is 6.42 Å². The number of hydrogen-bond donors (Lipinski definition) is 3. The lowest BCUT2D eigenvalue weighted by molar-refractivity contribution is 0.335. The smallest absolute Gasteiger partial charge is 0.204 e. The third-order valence-corrected chi connectivity index (χ3v) is 6.61. The molecule has 0 aliphatic heterocycles. The Morgan fingerprint density at radius 3 is 2.03 bits per heavy atom. The monoisotopic (exact) mass is 532 g/mol. The maximum Gasteiger partial charge on any atom is 0.204 e. The molecule has 0 atom stereocenters. The van der Waals surface area contributed by atoms with E-state index in [1.807, 2.05) is 26.0 Å². The van der Waals surface area contributed by atoms with Crippen LogP contribution in [0.4, 0.5) is 0 Å². The lowest BCUT2D eigenvalue weighted by Crippen LogP contribution is -2.04. The van der Waals surface area contributed by atoms with Crippen LogP contribution < -0.4 is 10.2 Å². The zero-order valence-corrected chi connectivity index (χ0v) is 23.9. The fourth-order valence-electron chi connectivity index (χ4n) is 4.29. The summed E-state index contributed by atoms with van der Waals surface area (Å²) in [5, 5.41) is 32.2. The molecular formula is C33H40O6. The molecule has 6 nitrogen and oxygen atoms in total. The first-order chi connectivity index (χ1) is 18.5. The van der Waals surface area contributed by atoms with Gasteiger partial charge in [0.2, 0.25) is 5.43 Å². The van der Waals surface area contributed by atoms with Crippen molar-refractivity contribution < 1.29 is 24.5 Å². The number of aromatic hydroxyl groups is 3. The molecule has 0 fully saturated rings. The van der Waals surface area contributed by atoms with E-state index >= 15 is 0 Å². The molecule has 3 N–H and O–H groups in total. The number of rotatable bonds is 11. The van der Waals surface area contributed by atoms with Gasteiger partial charge in [0.25, 0.3) is 0 Å². The Morgan fingerprint density at radius 1 is 0.795 bits per heavy atom. The van der Waals surface area contributed by atoms with Crippen molar-refractivity contribution in [1.29, 1.82) is 0 Å². The summed E-state index contributed by atoms with van der Waals surface area (Å²) in [5.41, 5.74) is 4.84. The fraction of sp³-hybridized carbons (Fsp3) is 0.364. The summed E-state index contributed by atoms with van der Waals surface area (Å²) < 4.78 is 11.6. The summed E-state index contributed by atoms with van der Waals surface area (Å²) >= 11 is 0. The molecule has 0 aliphatic rings. The zero-order valence-electron chi connectivity index (χ0n) is 23.9. The highest BCUT2D eigenvalue weighted by molar-refractivity contribution is 5.95. The van der Waals surface area contributed by atoms with Crippen molar-refractivity contribution in [1.82, 2.24) is 0 Å². The highest BCUT2D eigenvalue weighted by atomic mass is 16.5. The number of phenolic OH excluding ortho intramolecular Hbond substituents is 3. The third-order valence-electron chi connectivity index (χ3n) is 6.61. The van der Waals surface area contributed by atoms with E-state index in [1.165, 1.54) is 34.9 Å². The Morgan fingerprint density at radius 2 is 1.41 bits per heavy atom. The number of phenols is 3. The predicted molar refractivity (Wildman–Crippen MR) is 159 cm³/mol. The molecule has 0 bridgehead atoms. The Kier molecular flexibility index (Phi) is 10.0. The van der Waals surface area contributed by atoms with E-state index < -0.39 is 5.43 Å². The second-order valence-corrected chi connectivity index (χ2v) is 10.6. The minimum absolute atomic E-state index is 0.0334. The van der Waals surface area contributed by atoms with Crippen LogP contribution in [0.3, 0.4) is 0 Å². The van der Waals surface area contributed by atoms with Crippen LogP contribution in [0.2, 0.25) is 0 Å². The second kappa shape index (κ2) is 13.2. The van der Waals surface area contributed by atoms with Gasteiger partial charge in [-0.25, -0.2) is 0 Å². The van der Waals surface area contributed by atoms with E-state index in [-0.39, 0.29) is 63.5 Å². The van der Waals surface area contributed by atoms with Crippen LogP contribution in [0.5, 0.6) is 23.0 Å². The summed E-state index contributed by atoms with van der Waals surface area (Å²) in [4.78, 5) is 13.3. The van der Waals surface area contributed by atoms with Gasteiger partial charge in [-0.1, -0.05) is 40.5 Å². The van der Waals surface area contributed by atoms with Crippen molar-refractivity contribution in [2.45, 2.75) is 73.6 Å². The molecule has 0 radical (unpaired) electrons. The number of ether oxygens (including phenoxy) is 1. The van der Waals surface area contributed by atoms with Crippen LogP contribution in [-0.4, -0.2) is 21.9 Å². The molecule has 0 amide bonds. The van der Waals surface area contributed by atoms with Crippen LogP contribution in [0.1, 0.15) is 72.8 Å². The van der Waals surface area contributed by atoms with Crippen LogP contribution in [0, 0.1) is 0 Å². The minimum atomic E-state index is -0.494. The number of fused-ring (bicyclic) bond motifs is 2. The Hall–Kier alpha value is -3.93. The van der Waals surface area contributed by atoms with Gasteiger partial charge in [0.05, 0.1) is 5.39 Å². The van der Waals surface area contributed by atoms with E-state index in [2.05, 4.69) is 39.8 Å². The fourth-order valence-corrected chi connectivity index (χ4v) is 4.29. The van der Waals surface area contributed by atoms with Gasteiger partial charge in [-0.2, -0.15) is 0 Å². The molecule has 0 saturated carbocycles. The first kappa shape index (κ1) is 29.6. The van der Waals surface area contributed by atoms with Gasteiger partial charge in [0.1, 0.15) is 34.7 Å². The normalized spacial score (nSPS) is 12.2. The molecule has 208 valence electrons. The Bertz CT molecular complexity index is 1520. The lowest BCUT2D eigenvalue weighted by atomic mass is 10.0. The van der Waals surface area contributed by atoms with Crippen molar-refractivity contribution in [3.05, 3.63) is 80.6 Å². The van der Waals surface area contributed by atoms with Crippen LogP contribution in [0.15, 0.2) is 74.0 Å². The average molecular weight is 533 g/mol. The number of benzene rings is 2. The third kappa shape index (κ3) is 7.79. The maximum absolute atomic E-state index is 13.3. The molecule has 0 spiro atoms. The number of hydrogen-bond acceptors (Lipinski definition) is 6. The van der Waals surface area contributed by atoms with Gasteiger partial charge >= 0.3 is 0 Å². The van der Waals surface area contributed by atoms with E-state index in [9.17, 15) is 20.1 Å². The summed E-state index contributed by atoms with van der Waals surface area (Å²) in [6.45, 7) is 12.5. The van der Waals surface area contributed by atoms with E-state index in [0.29, 0.717) is 0 Å². The van der Waals surface area contributed by atoms with Crippen molar-refractivity contribution in [2.75, 3.05) is 6.61 Å². The van der Waals surface area contributed by atoms with E-state index in [1.54, 1.807) is 0 Å². The van der Waals surface area contributed by atoms with Crippen molar-refractivity contribution >= 4 is 21.9 Å². The highest BCUT2D eigenvalue weighted by Crippen LogP contribution is 2.38. The van der Waals surface area contributed by atoms with E-state index in [0.717, 1.165) is 31.3 Å². The first-order valence-corrected chi connectivity index (χ1v) is 13.4. The summed E-state index contributed by atoms with van der Waals surface area (Å²) in [6.07, 6.45) is 12.2. The molecule has 0 unspecified atom stereocenters. The molecule has 1 heterocycles. The SMILES string of the molecule is CC(C)=CCC/C(C)=C/COc1cc2oc3cc(O)c(C/C=C(\C)CCC=C(C)C)c(O)c3c(=O)c2cc1O. The van der Waals surface area contributed by atoms with Gasteiger partial charge < -0.3 is 24.5 Å². The highest BCUT2D eigenvalue weighted by Gasteiger charge is 2.19. The van der Waals surface area contributed by atoms with Gasteiger partial charge in [-0.15, -0.1) is 0 Å². The molecule has 0 saturated heterocycles. The average Bonchev–Trinajstić information content (AvgIpc) is 2.84. The first-order valence-electron chi connectivity index (χ1n) is 13.4. The van der Waals surface area contributed by atoms with Gasteiger partial charge in [-0.05, 0) is 85.8 Å². The Balaban J connectivity index is 1.89. The van der Waals surface area contributed by atoms with Gasteiger partial charge in [0.15, 0.2) is 11.5 Å². The number of allylic oxidation sites excluding steroid dienone is 7. The largest absolute Gasteiger partial charge is 0.507 e. The molecule has 6 heteroatoms. The van der Waals surface area contributed by atoms with Crippen LogP contribution >= 0.6 is 0 Å². The predicted octanol–water partition coefficient (Wildman–Crippen LogP) is 8.37. The summed E-state index contributed by atoms with van der Waals surface area (Å²) in [7, 11) is 0. The second-order valence-electron chi connectivity index (χ2n) is 10.6. The molecule has 3 aromatic rings. The Labute approximate surface area is 230 Å². The van der Waals surface area contributed by atoms with Gasteiger partial charge in [-0.3, -0.25) is 4.79 Å².